The number of nitrogens with one attached hydrogen (secondary N) is 2. The van der Waals surface area contributed by atoms with E-state index in [1.165, 1.54) is 12.8 Å². The molecular weight excluding hydrogens is 226 g/mol. The Morgan fingerprint density at radius 1 is 1.39 bits per heavy atom. The van der Waals surface area contributed by atoms with Crippen LogP contribution in [0.2, 0.25) is 0 Å². The van der Waals surface area contributed by atoms with Crippen molar-refractivity contribution in [2.24, 2.45) is 0 Å². The highest BCUT2D eigenvalue weighted by atomic mass is 16.1. The van der Waals surface area contributed by atoms with Crippen LogP contribution < -0.4 is 10.6 Å². The van der Waals surface area contributed by atoms with Crippen LogP contribution in [0.3, 0.4) is 0 Å². The number of likely N-dealkylation sites (tertiary alicyclic amines) is 1. The Hall–Kier alpha value is -0.610. The summed E-state index contributed by atoms with van der Waals surface area (Å²) in [6.07, 6.45) is 2.93. The van der Waals surface area contributed by atoms with Crippen molar-refractivity contribution < 1.29 is 4.79 Å². The molecular formula is C14H29N3O. The van der Waals surface area contributed by atoms with Crippen LogP contribution in [-0.2, 0) is 4.79 Å². The van der Waals surface area contributed by atoms with Crippen molar-refractivity contribution in [3.8, 4) is 0 Å². The molecule has 4 nitrogen and oxygen atoms in total. The van der Waals surface area contributed by atoms with Crippen LogP contribution in [0, 0.1) is 0 Å². The zero-order valence-corrected chi connectivity index (χ0v) is 12.5. The summed E-state index contributed by atoms with van der Waals surface area (Å²) in [5, 5.41) is 6.49. The Kier molecular flexibility index (Phi) is 5.60. The second-order valence-electron chi connectivity index (χ2n) is 6.55. The molecule has 0 aromatic heterocycles. The highest BCUT2D eigenvalue weighted by Gasteiger charge is 2.22. The second kappa shape index (κ2) is 6.53. The lowest BCUT2D eigenvalue weighted by Gasteiger charge is -2.35. The maximum absolute atomic E-state index is 11.7. The van der Waals surface area contributed by atoms with E-state index in [2.05, 4.69) is 29.5 Å². The van der Waals surface area contributed by atoms with E-state index in [4.69, 9.17) is 0 Å². The van der Waals surface area contributed by atoms with Crippen molar-refractivity contribution >= 4 is 5.91 Å². The molecule has 0 aliphatic carbocycles. The lowest BCUT2D eigenvalue weighted by Crippen LogP contribution is -2.47. The molecule has 2 N–H and O–H groups in total. The molecule has 1 heterocycles. The van der Waals surface area contributed by atoms with Crippen LogP contribution in [0.15, 0.2) is 0 Å². The minimum Gasteiger partial charge on any atom is -0.351 e. The van der Waals surface area contributed by atoms with Gasteiger partial charge in [-0.15, -0.1) is 0 Å². The topological polar surface area (TPSA) is 44.4 Å². The van der Waals surface area contributed by atoms with Gasteiger partial charge in [-0.2, -0.15) is 0 Å². The number of amides is 1. The quantitative estimate of drug-likeness (QED) is 0.797. The fourth-order valence-electron chi connectivity index (χ4n) is 2.35. The third-order valence-electron chi connectivity index (χ3n) is 3.51. The van der Waals surface area contributed by atoms with Gasteiger partial charge in [-0.25, -0.2) is 0 Å². The summed E-state index contributed by atoms with van der Waals surface area (Å²) < 4.78 is 0. The zero-order chi connectivity index (χ0) is 13.8. The normalized spacial score (nSPS) is 26.1. The lowest BCUT2D eigenvalue weighted by molar-refractivity contribution is -0.122. The molecule has 4 heteroatoms. The summed E-state index contributed by atoms with van der Waals surface area (Å²) in [4.78, 5) is 14.1. The fraction of sp³-hybridized carbons (Fsp3) is 0.929. The molecule has 0 aromatic carbocycles. The Bertz CT molecular complexity index is 273. The number of hydrogen-bond acceptors (Lipinski definition) is 3. The van der Waals surface area contributed by atoms with Gasteiger partial charge in [0.25, 0.3) is 0 Å². The van der Waals surface area contributed by atoms with Crippen molar-refractivity contribution in [1.82, 2.24) is 15.5 Å². The summed E-state index contributed by atoms with van der Waals surface area (Å²) in [6.45, 7) is 10.2. The minimum atomic E-state index is -0.126. The molecule has 2 unspecified atom stereocenters. The smallest absolute Gasteiger partial charge is 0.221 e. The fourth-order valence-corrected chi connectivity index (χ4v) is 2.35. The highest BCUT2D eigenvalue weighted by Crippen LogP contribution is 2.15. The van der Waals surface area contributed by atoms with Gasteiger partial charge >= 0.3 is 0 Å². The van der Waals surface area contributed by atoms with Crippen molar-refractivity contribution in [2.45, 2.75) is 64.6 Å². The monoisotopic (exact) mass is 255 g/mol. The Morgan fingerprint density at radius 2 is 2.06 bits per heavy atom. The SMILES string of the molecule is CC1CC(NCCC(=O)NC(C)(C)C)CCN1C. The van der Waals surface area contributed by atoms with Gasteiger partial charge in [0, 0.05) is 30.6 Å². The molecule has 1 rings (SSSR count). The molecule has 2 atom stereocenters. The number of nitrogens with zero attached hydrogens (tertiary/aromatic N) is 1. The van der Waals surface area contributed by atoms with Gasteiger partial charge in [0.2, 0.25) is 5.91 Å². The van der Waals surface area contributed by atoms with Crippen LogP contribution in [0.25, 0.3) is 0 Å². The van der Waals surface area contributed by atoms with E-state index in [0.29, 0.717) is 18.5 Å². The van der Waals surface area contributed by atoms with Gasteiger partial charge in [0.15, 0.2) is 0 Å². The summed E-state index contributed by atoms with van der Waals surface area (Å²) >= 11 is 0. The largest absolute Gasteiger partial charge is 0.351 e. The van der Waals surface area contributed by atoms with Gasteiger partial charge < -0.3 is 15.5 Å². The van der Waals surface area contributed by atoms with Gasteiger partial charge in [0.05, 0.1) is 0 Å². The number of carbonyl (C=O) groups excluding carboxylic acids is 1. The molecule has 0 radical (unpaired) electrons. The second-order valence-corrected chi connectivity index (χ2v) is 6.55. The zero-order valence-electron chi connectivity index (χ0n) is 12.5. The van der Waals surface area contributed by atoms with E-state index in [0.717, 1.165) is 13.1 Å². The van der Waals surface area contributed by atoms with Crippen molar-refractivity contribution in [1.29, 1.82) is 0 Å². The Labute approximate surface area is 111 Å². The van der Waals surface area contributed by atoms with Gasteiger partial charge in [-0.3, -0.25) is 4.79 Å². The van der Waals surface area contributed by atoms with E-state index in [1.54, 1.807) is 0 Å². The maximum Gasteiger partial charge on any atom is 0.221 e. The molecule has 0 saturated carbocycles. The number of carbonyl (C=O) groups is 1. The third kappa shape index (κ3) is 5.83. The first-order valence-corrected chi connectivity index (χ1v) is 7.02. The standard InChI is InChI=1S/C14H29N3O/c1-11-10-12(7-9-17(11)5)15-8-6-13(18)16-14(2,3)4/h11-12,15H,6-10H2,1-5H3,(H,16,18). The van der Waals surface area contributed by atoms with Crippen molar-refractivity contribution in [2.75, 3.05) is 20.1 Å². The molecule has 0 bridgehead atoms. The summed E-state index contributed by atoms with van der Waals surface area (Å²) in [7, 11) is 2.18. The number of rotatable bonds is 4. The average molecular weight is 255 g/mol. The third-order valence-corrected chi connectivity index (χ3v) is 3.51. The van der Waals surface area contributed by atoms with E-state index in [1.807, 2.05) is 20.8 Å². The molecule has 1 aliphatic heterocycles. The molecule has 106 valence electrons. The van der Waals surface area contributed by atoms with E-state index >= 15 is 0 Å². The predicted molar refractivity (Wildman–Crippen MR) is 75.6 cm³/mol. The van der Waals surface area contributed by atoms with Crippen molar-refractivity contribution in [3.05, 3.63) is 0 Å². The number of piperidine rings is 1. The summed E-state index contributed by atoms with van der Waals surface area (Å²) in [6, 6.07) is 1.21. The minimum absolute atomic E-state index is 0.126. The molecule has 0 aromatic rings. The molecule has 0 spiro atoms. The van der Waals surface area contributed by atoms with Gasteiger partial charge in [-0.1, -0.05) is 0 Å². The maximum atomic E-state index is 11.7. The van der Waals surface area contributed by atoms with Crippen LogP contribution in [0.1, 0.15) is 47.0 Å². The number of hydrogen-bond donors (Lipinski definition) is 2. The first-order chi connectivity index (χ1) is 8.28. The average Bonchev–Trinajstić information content (AvgIpc) is 2.20. The van der Waals surface area contributed by atoms with Gasteiger partial charge in [0.1, 0.15) is 0 Å². The molecule has 1 saturated heterocycles. The predicted octanol–water partition coefficient (Wildman–Crippen LogP) is 1.36. The van der Waals surface area contributed by atoms with Crippen molar-refractivity contribution in [3.63, 3.8) is 0 Å². The van der Waals surface area contributed by atoms with Crippen LogP contribution in [0.5, 0.6) is 0 Å². The van der Waals surface area contributed by atoms with Crippen LogP contribution in [-0.4, -0.2) is 48.6 Å². The molecule has 1 aliphatic rings. The van der Waals surface area contributed by atoms with E-state index in [9.17, 15) is 4.79 Å². The van der Waals surface area contributed by atoms with Crippen LogP contribution >= 0.6 is 0 Å². The summed E-state index contributed by atoms with van der Waals surface area (Å²) in [5.41, 5.74) is -0.126. The summed E-state index contributed by atoms with van der Waals surface area (Å²) in [5.74, 6) is 0.135. The molecule has 18 heavy (non-hydrogen) atoms. The Morgan fingerprint density at radius 3 is 2.61 bits per heavy atom. The van der Waals surface area contributed by atoms with E-state index in [-0.39, 0.29) is 11.4 Å². The molecule has 1 fully saturated rings. The Balaban J connectivity index is 2.16. The van der Waals surface area contributed by atoms with E-state index < -0.39 is 0 Å². The van der Waals surface area contributed by atoms with Gasteiger partial charge in [-0.05, 0) is 54.1 Å². The first kappa shape index (κ1) is 15.4. The lowest BCUT2D eigenvalue weighted by atomic mass is 9.99. The molecule has 1 amide bonds. The first-order valence-electron chi connectivity index (χ1n) is 7.02. The highest BCUT2D eigenvalue weighted by molar-refractivity contribution is 5.76. The van der Waals surface area contributed by atoms with Crippen LogP contribution in [0.4, 0.5) is 0 Å².